The van der Waals surface area contributed by atoms with Crippen LogP contribution in [0.1, 0.15) is 30.5 Å². The predicted octanol–water partition coefficient (Wildman–Crippen LogP) is 3.30. The van der Waals surface area contributed by atoms with Gasteiger partial charge in [0.05, 0.1) is 19.8 Å². The maximum absolute atomic E-state index is 6.12. The van der Waals surface area contributed by atoms with Crippen molar-refractivity contribution in [2.24, 2.45) is 16.6 Å². The summed E-state index contributed by atoms with van der Waals surface area (Å²) in [5.74, 6) is 2.71. The fraction of sp³-hybridized carbons (Fsp3) is 0.381. The molecule has 0 aliphatic carbocycles. The van der Waals surface area contributed by atoms with Gasteiger partial charge >= 0.3 is 0 Å². The molecule has 0 spiro atoms. The second-order valence-corrected chi connectivity index (χ2v) is 6.76. The number of rotatable bonds is 6. The van der Waals surface area contributed by atoms with Gasteiger partial charge in [-0.1, -0.05) is 37.3 Å². The van der Waals surface area contributed by atoms with Crippen molar-refractivity contribution in [1.82, 2.24) is 5.32 Å². The van der Waals surface area contributed by atoms with E-state index in [2.05, 4.69) is 35.4 Å². The van der Waals surface area contributed by atoms with Crippen molar-refractivity contribution in [1.29, 1.82) is 0 Å². The van der Waals surface area contributed by atoms with Crippen LogP contribution in [0.25, 0.3) is 0 Å². The summed E-state index contributed by atoms with van der Waals surface area (Å²) in [5, 5.41) is 3.34. The number of nitrogens with one attached hydrogen (secondary N) is 1. The van der Waals surface area contributed by atoms with E-state index in [0.29, 0.717) is 25.0 Å². The zero-order valence-electron chi connectivity index (χ0n) is 15.4. The lowest BCUT2D eigenvalue weighted by Gasteiger charge is -2.27. The minimum absolute atomic E-state index is 0.153. The maximum Gasteiger partial charge on any atom is 0.189 e. The van der Waals surface area contributed by atoms with Crippen LogP contribution in [0.2, 0.25) is 0 Å². The van der Waals surface area contributed by atoms with Gasteiger partial charge in [0.15, 0.2) is 5.96 Å². The first-order chi connectivity index (χ1) is 12.7. The molecule has 0 aromatic heterocycles. The Morgan fingerprint density at radius 1 is 1.27 bits per heavy atom. The van der Waals surface area contributed by atoms with Gasteiger partial charge in [-0.3, -0.25) is 4.99 Å². The predicted molar refractivity (Wildman–Crippen MR) is 105 cm³/mol. The Bertz CT molecular complexity index is 743. The number of guanidine groups is 1. The van der Waals surface area contributed by atoms with Crippen LogP contribution in [-0.2, 0) is 6.42 Å². The summed E-state index contributed by atoms with van der Waals surface area (Å²) in [6.45, 7) is 3.57. The third kappa shape index (κ3) is 4.69. The van der Waals surface area contributed by atoms with Gasteiger partial charge in [0.2, 0.25) is 0 Å². The van der Waals surface area contributed by atoms with E-state index in [1.54, 1.807) is 7.11 Å². The summed E-state index contributed by atoms with van der Waals surface area (Å²) in [6.07, 6.45) is 1.84. The van der Waals surface area contributed by atoms with Crippen molar-refractivity contribution < 1.29 is 9.47 Å². The number of benzene rings is 2. The van der Waals surface area contributed by atoms with Gasteiger partial charge < -0.3 is 20.5 Å². The van der Waals surface area contributed by atoms with E-state index < -0.39 is 0 Å². The number of methoxy groups -OCH3 is 1. The summed E-state index contributed by atoms with van der Waals surface area (Å²) < 4.78 is 10.9. The molecule has 2 atom stereocenters. The van der Waals surface area contributed by atoms with Crippen LogP contribution in [0, 0.1) is 5.92 Å². The average molecular weight is 353 g/mol. The maximum atomic E-state index is 6.12. The van der Waals surface area contributed by atoms with Crippen molar-refractivity contribution in [3.63, 3.8) is 0 Å². The van der Waals surface area contributed by atoms with Crippen LogP contribution >= 0.6 is 0 Å². The van der Waals surface area contributed by atoms with Gasteiger partial charge in [0.25, 0.3) is 0 Å². The van der Waals surface area contributed by atoms with Crippen LogP contribution in [0.5, 0.6) is 11.5 Å². The Balaban J connectivity index is 1.53. The molecule has 26 heavy (non-hydrogen) atoms. The number of hydrogen-bond acceptors (Lipinski definition) is 3. The van der Waals surface area contributed by atoms with Crippen LogP contribution in [0.15, 0.2) is 53.5 Å². The molecule has 0 radical (unpaired) electrons. The van der Waals surface area contributed by atoms with Crippen molar-refractivity contribution >= 4 is 5.96 Å². The zero-order valence-corrected chi connectivity index (χ0v) is 15.4. The van der Waals surface area contributed by atoms with Crippen molar-refractivity contribution in [2.75, 3.05) is 20.3 Å². The molecule has 0 bridgehead atoms. The highest BCUT2D eigenvalue weighted by molar-refractivity contribution is 5.78. The van der Waals surface area contributed by atoms with E-state index in [0.717, 1.165) is 29.9 Å². The average Bonchev–Trinajstić information content (AvgIpc) is 2.67. The van der Waals surface area contributed by atoms with Gasteiger partial charge in [-0.15, -0.1) is 0 Å². The summed E-state index contributed by atoms with van der Waals surface area (Å²) in [5.41, 5.74) is 8.54. The van der Waals surface area contributed by atoms with Crippen LogP contribution in [0.4, 0.5) is 0 Å². The molecule has 2 aromatic carbocycles. The number of ether oxygens (including phenoxy) is 2. The number of para-hydroxylation sites is 1. The summed E-state index contributed by atoms with van der Waals surface area (Å²) in [7, 11) is 1.68. The Labute approximate surface area is 155 Å². The number of nitrogens with two attached hydrogens (primary N) is 1. The first kappa shape index (κ1) is 18.1. The third-order valence-electron chi connectivity index (χ3n) is 4.60. The Morgan fingerprint density at radius 3 is 2.81 bits per heavy atom. The molecule has 1 aliphatic rings. The summed E-state index contributed by atoms with van der Waals surface area (Å²) >= 11 is 0. The normalized spacial score (nSPS) is 17.8. The third-order valence-corrected chi connectivity index (χ3v) is 4.60. The molecule has 0 saturated carbocycles. The zero-order chi connectivity index (χ0) is 18.4. The molecule has 0 saturated heterocycles. The van der Waals surface area contributed by atoms with Crippen LogP contribution in [-0.4, -0.2) is 26.2 Å². The quantitative estimate of drug-likeness (QED) is 0.618. The molecular formula is C21H27N3O2. The van der Waals surface area contributed by atoms with Gasteiger partial charge in [-0.05, 0) is 36.1 Å². The van der Waals surface area contributed by atoms with Crippen molar-refractivity contribution in [2.45, 2.75) is 25.8 Å². The van der Waals surface area contributed by atoms with Crippen LogP contribution in [0.3, 0.4) is 0 Å². The topological polar surface area (TPSA) is 68.9 Å². The number of fused-ring (bicyclic) bond motifs is 1. The lowest BCUT2D eigenvalue weighted by molar-refractivity contribution is 0.262. The highest BCUT2D eigenvalue weighted by Crippen LogP contribution is 2.31. The number of nitrogens with zero attached hydrogens (tertiary/aromatic N) is 1. The van der Waals surface area contributed by atoms with E-state index in [1.807, 2.05) is 30.3 Å². The molecular weight excluding hydrogens is 326 g/mol. The monoisotopic (exact) mass is 353 g/mol. The van der Waals surface area contributed by atoms with Gasteiger partial charge in [0, 0.05) is 18.5 Å². The largest absolute Gasteiger partial charge is 0.497 e. The lowest BCUT2D eigenvalue weighted by atomic mass is 10.0. The first-order valence-electron chi connectivity index (χ1n) is 9.07. The number of aliphatic imine (C=N–C) groups is 1. The molecule has 0 amide bonds. The molecule has 1 aliphatic heterocycles. The smallest absolute Gasteiger partial charge is 0.189 e. The van der Waals surface area contributed by atoms with E-state index in [9.17, 15) is 0 Å². The second kappa shape index (κ2) is 8.61. The van der Waals surface area contributed by atoms with Gasteiger partial charge in [-0.25, -0.2) is 0 Å². The molecule has 3 N–H and O–H groups in total. The Kier molecular flexibility index (Phi) is 6.00. The Hall–Kier alpha value is -2.69. The van der Waals surface area contributed by atoms with E-state index in [4.69, 9.17) is 15.2 Å². The van der Waals surface area contributed by atoms with E-state index in [-0.39, 0.29) is 6.04 Å². The Morgan fingerprint density at radius 2 is 2.04 bits per heavy atom. The van der Waals surface area contributed by atoms with Crippen molar-refractivity contribution in [3.05, 3.63) is 59.7 Å². The van der Waals surface area contributed by atoms with E-state index in [1.165, 1.54) is 5.56 Å². The minimum Gasteiger partial charge on any atom is -0.497 e. The van der Waals surface area contributed by atoms with Gasteiger partial charge in [0.1, 0.15) is 11.5 Å². The SMILES string of the molecule is COc1ccc(CC(C)CN=C(N)NC2CCOc3ccccc32)cc1. The molecule has 1 heterocycles. The highest BCUT2D eigenvalue weighted by atomic mass is 16.5. The highest BCUT2D eigenvalue weighted by Gasteiger charge is 2.21. The molecule has 3 rings (SSSR count). The number of hydrogen-bond donors (Lipinski definition) is 2. The molecule has 2 unspecified atom stereocenters. The molecule has 2 aromatic rings. The molecule has 138 valence electrons. The molecule has 0 fully saturated rings. The fourth-order valence-electron chi connectivity index (χ4n) is 3.20. The summed E-state index contributed by atoms with van der Waals surface area (Å²) in [6, 6.07) is 16.4. The fourth-order valence-corrected chi connectivity index (χ4v) is 3.20. The minimum atomic E-state index is 0.153. The second-order valence-electron chi connectivity index (χ2n) is 6.76. The lowest BCUT2D eigenvalue weighted by Crippen LogP contribution is -2.37. The summed E-state index contributed by atoms with van der Waals surface area (Å²) in [4.78, 5) is 4.54. The van der Waals surface area contributed by atoms with E-state index >= 15 is 0 Å². The van der Waals surface area contributed by atoms with Crippen molar-refractivity contribution in [3.8, 4) is 11.5 Å². The first-order valence-corrected chi connectivity index (χ1v) is 9.07. The molecule has 5 heteroatoms. The van der Waals surface area contributed by atoms with Crippen LogP contribution < -0.4 is 20.5 Å². The van der Waals surface area contributed by atoms with Gasteiger partial charge in [-0.2, -0.15) is 0 Å². The molecule has 5 nitrogen and oxygen atoms in total. The standard InChI is InChI=1S/C21H27N3O2/c1-15(13-16-7-9-17(25-2)10-8-16)14-23-21(22)24-19-11-12-26-20-6-4-3-5-18(19)20/h3-10,15,19H,11-14H2,1-2H3,(H3,22,23,24).